The highest BCUT2D eigenvalue weighted by Gasteiger charge is 2.23. The lowest BCUT2D eigenvalue weighted by atomic mass is 10.2. The Balaban J connectivity index is 2.57. The third-order valence-corrected chi connectivity index (χ3v) is 5.39. The van der Waals surface area contributed by atoms with E-state index in [2.05, 4.69) is 16.4 Å². The number of thiophene rings is 1. The number of hydrogen-bond donors (Lipinski definition) is 1. The maximum Gasteiger partial charge on any atom is 0.349 e. The molecule has 0 saturated heterocycles. The van der Waals surface area contributed by atoms with E-state index < -0.39 is 16.0 Å². The van der Waals surface area contributed by atoms with Gasteiger partial charge in [0.25, 0.3) is 0 Å². The summed E-state index contributed by atoms with van der Waals surface area (Å²) in [5.41, 5.74) is 0. The first-order chi connectivity index (χ1) is 9.53. The molecule has 0 spiro atoms. The molecule has 0 saturated carbocycles. The molecule has 7 heteroatoms. The van der Waals surface area contributed by atoms with Gasteiger partial charge in [0.1, 0.15) is 9.77 Å². The van der Waals surface area contributed by atoms with Gasteiger partial charge in [0.2, 0.25) is 10.0 Å². The lowest BCUT2D eigenvalue weighted by molar-refractivity contribution is 0.0602. The summed E-state index contributed by atoms with van der Waals surface area (Å²) in [7, 11) is -2.40. The molecule has 0 atom stereocenters. The van der Waals surface area contributed by atoms with Gasteiger partial charge in [-0.05, 0) is 17.9 Å². The van der Waals surface area contributed by atoms with Crippen molar-refractivity contribution in [3.05, 3.63) is 16.3 Å². The zero-order chi connectivity index (χ0) is 15.0. The van der Waals surface area contributed by atoms with E-state index in [1.54, 1.807) is 5.38 Å². The van der Waals surface area contributed by atoms with Crippen LogP contribution in [0.3, 0.4) is 0 Å². The normalized spacial score (nSPS) is 11.5. The van der Waals surface area contributed by atoms with E-state index in [4.69, 9.17) is 0 Å². The molecule has 0 radical (unpaired) electrons. The Kier molecular flexibility index (Phi) is 7.18. The maximum atomic E-state index is 12.1. The van der Waals surface area contributed by atoms with Crippen LogP contribution in [-0.2, 0) is 14.8 Å². The number of carbonyl (C=O) groups excluding carboxylic acids is 1. The molecule has 1 aromatic heterocycles. The van der Waals surface area contributed by atoms with Crippen LogP contribution in [0, 0.1) is 0 Å². The third kappa shape index (κ3) is 4.88. The minimum Gasteiger partial charge on any atom is -0.465 e. The largest absolute Gasteiger partial charge is 0.465 e. The Morgan fingerprint density at radius 2 is 2.00 bits per heavy atom. The van der Waals surface area contributed by atoms with Crippen molar-refractivity contribution in [1.82, 2.24) is 4.72 Å². The van der Waals surface area contributed by atoms with Crippen LogP contribution >= 0.6 is 11.3 Å². The molecule has 1 aromatic rings. The predicted molar refractivity (Wildman–Crippen MR) is 79.6 cm³/mol. The number of sulfonamides is 1. The molecule has 0 aliphatic rings. The summed E-state index contributed by atoms with van der Waals surface area (Å²) in [5, 5.41) is 1.57. The monoisotopic (exact) mass is 319 g/mol. The number of ether oxygens (including phenoxy) is 1. The van der Waals surface area contributed by atoms with Gasteiger partial charge in [0.05, 0.1) is 7.11 Å². The Labute approximate surface area is 124 Å². The average molecular weight is 319 g/mol. The fraction of sp³-hybridized carbons (Fsp3) is 0.615. The number of nitrogens with one attached hydrogen (secondary N) is 1. The molecule has 0 aliphatic carbocycles. The summed E-state index contributed by atoms with van der Waals surface area (Å²) in [6, 6.07) is 1.43. The van der Waals surface area contributed by atoms with Gasteiger partial charge < -0.3 is 4.74 Å². The van der Waals surface area contributed by atoms with Gasteiger partial charge >= 0.3 is 5.97 Å². The van der Waals surface area contributed by atoms with Crippen LogP contribution in [0.15, 0.2) is 16.3 Å². The topological polar surface area (TPSA) is 72.5 Å². The van der Waals surface area contributed by atoms with Crippen molar-refractivity contribution < 1.29 is 17.9 Å². The molecule has 5 nitrogen and oxygen atoms in total. The molecule has 20 heavy (non-hydrogen) atoms. The number of rotatable bonds is 9. The maximum absolute atomic E-state index is 12.1. The summed E-state index contributed by atoms with van der Waals surface area (Å²) in [6.45, 7) is 2.52. The van der Waals surface area contributed by atoms with Crippen LogP contribution in [0.25, 0.3) is 0 Å². The Morgan fingerprint density at radius 1 is 1.30 bits per heavy atom. The Morgan fingerprint density at radius 3 is 2.65 bits per heavy atom. The SMILES string of the molecule is CCCCCCCNS(=O)(=O)c1ccsc1C(=O)OC. The van der Waals surface area contributed by atoms with E-state index >= 15 is 0 Å². The van der Waals surface area contributed by atoms with E-state index in [9.17, 15) is 13.2 Å². The van der Waals surface area contributed by atoms with Crippen molar-refractivity contribution in [3.63, 3.8) is 0 Å². The first-order valence-corrected chi connectivity index (χ1v) is 9.04. The molecule has 1 N–H and O–H groups in total. The number of esters is 1. The van der Waals surface area contributed by atoms with Gasteiger partial charge in [-0.15, -0.1) is 11.3 Å². The van der Waals surface area contributed by atoms with E-state index in [0.717, 1.165) is 37.0 Å². The third-order valence-electron chi connectivity index (χ3n) is 2.86. The van der Waals surface area contributed by atoms with E-state index in [0.29, 0.717) is 6.54 Å². The van der Waals surface area contributed by atoms with Crippen molar-refractivity contribution in [3.8, 4) is 0 Å². The predicted octanol–water partition coefficient (Wildman–Crippen LogP) is 2.78. The fourth-order valence-electron chi connectivity index (χ4n) is 1.76. The molecule has 0 aliphatic heterocycles. The molecule has 0 aromatic carbocycles. The van der Waals surface area contributed by atoms with Crippen molar-refractivity contribution in [2.24, 2.45) is 0 Å². The summed E-state index contributed by atoms with van der Waals surface area (Å²) >= 11 is 1.07. The number of carbonyl (C=O) groups is 1. The smallest absolute Gasteiger partial charge is 0.349 e. The molecular weight excluding hydrogens is 298 g/mol. The van der Waals surface area contributed by atoms with Crippen molar-refractivity contribution in [1.29, 1.82) is 0 Å². The number of hydrogen-bond acceptors (Lipinski definition) is 5. The summed E-state index contributed by atoms with van der Waals surface area (Å²) in [6.07, 6.45) is 5.25. The highest BCUT2D eigenvalue weighted by atomic mass is 32.2. The Hall–Kier alpha value is -0.920. The van der Waals surface area contributed by atoms with Gasteiger partial charge in [0.15, 0.2) is 0 Å². The van der Waals surface area contributed by atoms with Crippen LogP contribution in [-0.4, -0.2) is 28.0 Å². The molecule has 0 amide bonds. The van der Waals surface area contributed by atoms with Gasteiger partial charge in [-0.2, -0.15) is 0 Å². The van der Waals surface area contributed by atoms with E-state index in [1.165, 1.54) is 19.6 Å². The number of unbranched alkanes of at least 4 members (excludes halogenated alkanes) is 4. The number of methoxy groups -OCH3 is 1. The average Bonchev–Trinajstić information content (AvgIpc) is 2.92. The van der Waals surface area contributed by atoms with Crippen LogP contribution in [0.2, 0.25) is 0 Å². The fourth-order valence-corrected chi connectivity index (χ4v) is 4.17. The first kappa shape index (κ1) is 17.1. The van der Waals surface area contributed by atoms with Crippen molar-refractivity contribution in [2.45, 2.75) is 43.9 Å². The Bertz CT molecular complexity index is 522. The molecule has 0 bridgehead atoms. The van der Waals surface area contributed by atoms with Crippen LogP contribution < -0.4 is 4.72 Å². The van der Waals surface area contributed by atoms with E-state index in [-0.39, 0.29) is 9.77 Å². The van der Waals surface area contributed by atoms with Crippen LogP contribution in [0.4, 0.5) is 0 Å². The molecule has 0 unspecified atom stereocenters. The molecule has 1 heterocycles. The minimum atomic E-state index is -3.64. The minimum absolute atomic E-state index is 0.00269. The molecule has 0 fully saturated rings. The zero-order valence-corrected chi connectivity index (χ0v) is 13.5. The lowest BCUT2D eigenvalue weighted by Crippen LogP contribution is -2.25. The van der Waals surface area contributed by atoms with Gasteiger partial charge in [-0.25, -0.2) is 17.9 Å². The van der Waals surface area contributed by atoms with Crippen molar-refractivity contribution >= 4 is 27.3 Å². The van der Waals surface area contributed by atoms with Gasteiger partial charge in [0, 0.05) is 6.54 Å². The van der Waals surface area contributed by atoms with Crippen LogP contribution in [0.1, 0.15) is 48.7 Å². The highest BCUT2D eigenvalue weighted by molar-refractivity contribution is 7.89. The second-order valence-electron chi connectivity index (χ2n) is 4.42. The zero-order valence-electron chi connectivity index (χ0n) is 11.8. The standard InChI is InChI=1S/C13H21NO4S2/c1-3-4-5-6-7-9-14-20(16,17)11-8-10-19-12(11)13(15)18-2/h8,10,14H,3-7,9H2,1-2H3. The molecular formula is C13H21NO4S2. The van der Waals surface area contributed by atoms with E-state index in [1.807, 2.05) is 0 Å². The molecule has 114 valence electrons. The second-order valence-corrected chi connectivity index (χ2v) is 7.07. The lowest BCUT2D eigenvalue weighted by Gasteiger charge is -2.06. The van der Waals surface area contributed by atoms with Crippen molar-refractivity contribution in [2.75, 3.05) is 13.7 Å². The highest BCUT2D eigenvalue weighted by Crippen LogP contribution is 2.22. The summed E-state index contributed by atoms with van der Waals surface area (Å²) in [4.78, 5) is 11.6. The quantitative estimate of drug-likeness (QED) is 0.561. The van der Waals surface area contributed by atoms with Crippen LogP contribution in [0.5, 0.6) is 0 Å². The summed E-state index contributed by atoms with van der Waals surface area (Å²) < 4.78 is 31.3. The van der Waals surface area contributed by atoms with Gasteiger partial charge in [-0.1, -0.05) is 32.6 Å². The molecule has 1 rings (SSSR count). The second kappa shape index (κ2) is 8.39. The first-order valence-electron chi connectivity index (χ1n) is 6.68. The van der Waals surface area contributed by atoms with Gasteiger partial charge in [-0.3, -0.25) is 0 Å². The summed E-state index contributed by atoms with van der Waals surface area (Å²) in [5.74, 6) is -0.622.